The molecule has 0 spiro atoms. The Kier molecular flexibility index (Phi) is 6.27. The van der Waals surface area contributed by atoms with E-state index in [1.54, 1.807) is 54.7 Å². The minimum absolute atomic E-state index is 0.290. The molecule has 1 heterocycles. The molecule has 31 heavy (non-hydrogen) atoms. The molecule has 9 heteroatoms. The second kappa shape index (κ2) is 9.26. The van der Waals surface area contributed by atoms with Crippen molar-refractivity contribution in [2.45, 2.75) is 0 Å². The summed E-state index contributed by atoms with van der Waals surface area (Å²) >= 11 is 17.4. The summed E-state index contributed by atoms with van der Waals surface area (Å²) in [6.45, 7) is 0. The molecule has 0 aliphatic rings. The minimum Gasteiger partial charge on any atom is -0.322 e. The summed E-state index contributed by atoms with van der Waals surface area (Å²) in [6.07, 6.45) is 1.63. The molecule has 0 atom stereocenters. The lowest BCUT2D eigenvalue weighted by atomic mass is 10.2. The fourth-order valence-corrected chi connectivity index (χ4v) is 3.38. The van der Waals surface area contributed by atoms with Gasteiger partial charge in [0.1, 0.15) is 0 Å². The number of hydrogen-bond donors (Lipinski definition) is 2. The third kappa shape index (κ3) is 4.91. The highest BCUT2D eigenvalue weighted by Gasteiger charge is 2.10. The van der Waals surface area contributed by atoms with Crippen LogP contribution in [0.25, 0.3) is 11.4 Å². The van der Waals surface area contributed by atoms with Crippen LogP contribution in [0, 0.1) is 4.77 Å². The van der Waals surface area contributed by atoms with E-state index in [1.165, 1.54) is 4.68 Å². The van der Waals surface area contributed by atoms with Gasteiger partial charge in [-0.1, -0.05) is 47.5 Å². The van der Waals surface area contributed by atoms with E-state index in [0.29, 0.717) is 31.9 Å². The maximum atomic E-state index is 12.5. The van der Waals surface area contributed by atoms with Crippen molar-refractivity contribution in [1.82, 2.24) is 14.9 Å². The van der Waals surface area contributed by atoms with E-state index in [9.17, 15) is 4.79 Å². The third-order valence-corrected chi connectivity index (χ3v) is 5.18. The minimum atomic E-state index is -0.290. The van der Waals surface area contributed by atoms with Crippen molar-refractivity contribution in [3.05, 3.63) is 98.7 Å². The summed E-state index contributed by atoms with van der Waals surface area (Å²) in [6, 6.07) is 21.4. The smallest absolute Gasteiger partial charge is 0.257 e. The summed E-state index contributed by atoms with van der Waals surface area (Å²) in [7, 11) is 0. The highest BCUT2D eigenvalue weighted by Crippen LogP contribution is 2.20. The van der Waals surface area contributed by atoms with Crippen molar-refractivity contribution in [2.24, 2.45) is 5.10 Å². The highest BCUT2D eigenvalue weighted by molar-refractivity contribution is 7.71. The average Bonchev–Trinajstić information content (AvgIpc) is 3.13. The number of amides is 1. The summed E-state index contributed by atoms with van der Waals surface area (Å²) in [4.78, 5) is 12.5. The van der Waals surface area contributed by atoms with Gasteiger partial charge in [-0.2, -0.15) is 14.9 Å². The Morgan fingerprint density at radius 1 is 1.06 bits per heavy atom. The van der Waals surface area contributed by atoms with Gasteiger partial charge in [-0.3, -0.25) is 4.79 Å². The first-order valence-electron chi connectivity index (χ1n) is 9.15. The molecule has 0 saturated carbocycles. The van der Waals surface area contributed by atoms with Crippen molar-refractivity contribution < 1.29 is 4.79 Å². The lowest BCUT2D eigenvalue weighted by molar-refractivity contribution is 0.102. The molecule has 4 aromatic rings. The number of aromatic amines is 1. The number of H-pyrrole nitrogens is 1. The lowest BCUT2D eigenvalue weighted by Gasteiger charge is -2.07. The number of hydrogen-bond acceptors (Lipinski definition) is 4. The first kappa shape index (κ1) is 21.0. The van der Waals surface area contributed by atoms with Gasteiger partial charge in [0, 0.05) is 16.3 Å². The van der Waals surface area contributed by atoms with Gasteiger partial charge in [-0.25, -0.2) is 5.10 Å². The number of carbonyl (C=O) groups is 1. The number of benzene rings is 3. The first-order valence-corrected chi connectivity index (χ1v) is 10.3. The van der Waals surface area contributed by atoms with Crippen LogP contribution in [0.2, 0.25) is 10.0 Å². The van der Waals surface area contributed by atoms with Crippen LogP contribution in [0.5, 0.6) is 0 Å². The molecule has 6 nitrogen and oxygen atoms in total. The van der Waals surface area contributed by atoms with E-state index >= 15 is 0 Å². The quantitative estimate of drug-likeness (QED) is 0.277. The zero-order chi connectivity index (χ0) is 21.8. The van der Waals surface area contributed by atoms with Gasteiger partial charge in [0.2, 0.25) is 4.77 Å². The predicted octanol–water partition coefficient (Wildman–Crippen LogP) is 6.05. The molecule has 0 radical (unpaired) electrons. The van der Waals surface area contributed by atoms with E-state index < -0.39 is 0 Å². The van der Waals surface area contributed by atoms with Crippen molar-refractivity contribution in [3.63, 3.8) is 0 Å². The van der Waals surface area contributed by atoms with Gasteiger partial charge in [0.25, 0.3) is 5.91 Å². The van der Waals surface area contributed by atoms with Crippen LogP contribution < -0.4 is 5.32 Å². The van der Waals surface area contributed by atoms with E-state index in [4.69, 9.17) is 35.4 Å². The van der Waals surface area contributed by atoms with E-state index in [1.807, 2.05) is 24.3 Å². The van der Waals surface area contributed by atoms with Gasteiger partial charge in [-0.05, 0) is 66.3 Å². The molecule has 3 aromatic carbocycles. The Morgan fingerprint density at radius 3 is 2.61 bits per heavy atom. The zero-order valence-corrected chi connectivity index (χ0v) is 18.2. The van der Waals surface area contributed by atoms with Crippen LogP contribution >= 0.6 is 35.4 Å². The molecule has 4 rings (SSSR count). The Hall–Kier alpha value is -3.26. The molecule has 0 aliphatic heterocycles. The molecular weight excluding hydrogens is 453 g/mol. The standard InChI is InChI=1S/C22H15Cl2N5OS/c23-16-10-8-15(9-11-16)20-27-28-22(31)29(20)25-13-14-4-3-5-17(12-14)26-21(30)18-6-1-2-7-19(18)24/h1-13H,(H,26,30)(H,28,31). The molecule has 0 fully saturated rings. The van der Waals surface area contributed by atoms with Crippen molar-refractivity contribution >= 4 is 53.2 Å². The van der Waals surface area contributed by atoms with Crippen LogP contribution in [0.15, 0.2) is 77.9 Å². The van der Waals surface area contributed by atoms with Crippen molar-refractivity contribution in [3.8, 4) is 11.4 Å². The Morgan fingerprint density at radius 2 is 1.84 bits per heavy atom. The molecule has 0 unspecified atom stereocenters. The number of anilines is 1. The Labute approximate surface area is 193 Å². The summed E-state index contributed by atoms with van der Waals surface area (Å²) in [5, 5.41) is 15.3. The number of nitrogens with one attached hydrogen (secondary N) is 2. The van der Waals surface area contributed by atoms with E-state index in [2.05, 4.69) is 20.6 Å². The fraction of sp³-hybridized carbons (Fsp3) is 0. The van der Waals surface area contributed by atoms with Crippen LogP contribution in [0.1, 0.15) is 15.9 Å². The molecule has 1 amide bonds. The molecule has 0 saturated heterocycles. The van der Waals surface area contributed by atoms with Gasteiger partial charge in [0.15, 0.2) is 5.82 Å². The summed E-state index contributed by atoms with van der Waals surface area (Å²) < 4.78 is 1.87. The van der Waals surface area contributed by atoms with Gasteiger partial charge >= 0.3 is 0 Å². The normalized spacial score (nSPS) is 11.0. The van der Waals surface area contributed by atoms with Gasteiger partial charge < -0.3 is 5.32 Å². The topological polar surface area (TPSA) is 75.1 Å². The van der Waals surface area contributed by atoms with Gasteiger partial charge in [-0.15, -0.1) is 0 Å². The van der Waals surface area contributed by atoms with Crippen LogP contribution in [-0.4, -0.2) is 27.0 Å². The fourth-order valence-electron chi connectivity index (χ4n) is 2.85. The lowest BCUT2D eigenvalue weighted by Crippen LogP contribution is -2.12. The molecule has 2 N–H and O–H groups in total. The molecule has 0 aliphatic carbocycles. The third-order valence-electron chi connectivity index (χ3n) is 4.34. The Bertz CT molecular complexity index is 1330. The maximum Gasteiger partial charge on any atom is 0.257 e. The van der Waals surface area contributed by atoms with Crippen molar-refractivity contribution in [1.29, 1.82) is 0 Å². The number of carbonyl (C=O) groups excluding carboxylic acids is 1. The van der Waals surface area contributed by atoms with Crippen LogP contribution in [0.3, 0.4) is 0 Å². The maximum absolute atomic E-state index is 12.5. The number of rotatable bonds is 5. The molecule has 1 aromatic heterocycles. The van der Waals surface area contributed by atoms with Gasteiger partial charge in [0.05, 0.1) is 16.8 Å². The van der Waals surface area contributed by atoms with Crippen molar-refractivity contribution in [2.75, 3.05) is 5.32 Å². The predicted molar refractivity (Wildman–Crippen MR) is 127 cm³/mol. The first-order chi connectivity index (χ1) is 15.0. The van der Waals surface area contributed by atoms with E-state index in [-0.39, 0.29) is 5.91 Å². The average molecular weight is 468 g/mol. The Balaban J connectivity index is 1.57. The van der Waals surface area contributed by atoms with E-state index in [0.717, 1.165) is 11.1 Å². The molecule has 154 valence electrons. The zero-order valence-electron chi connectivity index (χ0n) is 15.9. The number of nitrogens with zero attached hydrogens (tertiary/aromatic N) is 3. The summed E-state index contributed by atoms with van der Waals surface area (Å²) in [5.74, 6) is 0.267. The number of aromatic nitrogens is 3. The molecule has 0 bridgehead atoms. The van der Waals surface area contributed by atoms with Crippen LogP contribution in [0.4, 0.5) is 5.69 Å². The SMILES string of the molecule is O=C(Nc1cccc(C=Nn2c(-c3ccc(Cl)cc3)n[nH]c2=S)c1)c1ccccc1Cl. The second-order valence-electron chi connectivity index (χ2n) is 6.48. The van der Waals surface area contributed by atoms with Crippen LogP contribution in [-0.2, 0) is 0 Å². The number of halogens is 2. The monoisotopic (exact) mass is 467 g/mol. The summed E-state index contributed by atoms with van der Waals surface area (Å²) in [5.41, 5.74) is 2.60. The second-order valence-corrected chi connectivity index (χ2v) is 7.71. The molecular formula is C22H15Cl2N5OS. The largest absolute Gasteiger partial charge is 0.322 e. The highest BCUT2D eigenvalue weighted by atomic mass is 35.5.